The lowest BCUT2D eigenvalue weighted by Gasteiger charge is -1.93. The Morgan fingerprint density at radius 2 is 1.67 bits per heavy atom. The SMILES string of the molecule is CCC=CCCCCC=C(C)C. The van der Waals surface area contributed by atoms with Crippen LogP contribution in [0.15, 0.2) is 23.8 Å². The second-order valence-electron chi connectivity index (χ2n) is 3.45. The zero-order chi connectivity index (χ0) is 9.23. The van der Waals surface area contributed by atoms with Gasteiger partial charge in [-0.15, -0.1) is 0 Å². The van der Waals surface area contributed by atoms with E-state index in [9.17, 15) is 0 Å². The summed E-state index contributed by atoms with van der Waals surface area (Å²) in [5.74, 6) is 0. The molecule has 0 aliphatic carbocycles. The number of allylic oxidation sites excluding steroid dienone is 4. The summed E-state index contributed by atoms with van der Waals surface area (Å²) in [6, 6.07) is 0. The lowest BCUT2D eigenvalue weighted by Crippen LogP contribution is -1.73. The van der Waals surface area contributed by atoms with Crippen molar-refractivity contribution < 1.29 is 0 Å². The molecule has 0 nitrogen and oxygen atoms in total. The van der Waals surface area contributed by atoms with E-state index in [1.54, 1.807) is 0 Å². The molecule has 0 fully saturated rings. The van der Waals surface area contributed by atoms with E-state index in [0.29, 0.717) is 0 Å². The summed E-state index contributed by atoms with van der Waals surface area (Å²) in [4.78, 5) is 0. The topological polar surface area (TPSA) is 0 Å². The molecule has 0 radical (unpaired) electrons. The Hall–Kier alpha value is -0.520. The summed E-state index contributed by atoms with van der Waals surface area (Å²) in [5, 5.41) is 0. The lowest BCUT2D eigenvalue weighted by molar-refractivity contribution is 0.758. The predicted octanol–water partition coefficient (Wildman–Crippen LogP) is 4.48. The molecule has 0 aromatic rings. The highest BCUT2D eigenvalue weighted by atomic mass is 13.9. The van der Waals surface area contributed by atoms with Gasteiger partial charge in [-0.3, -0.25) is 0 Å². The molecular formula is C12H22. The first-order valence-electron chi connectivity index (χ1n) is 5.05. The highest BCUT2D eigenvalue weighted by molar-refractivity contribution is 4.92. The monoisotopic (exact) mass is 166 g/mol. The van der Waals surface area contributed by atoms with Crippen LogP contribution in [0.4, 0.5) is 0 Å². The van der Waals surface area contributed by atoms with Gasteiger partial charge in [-0.25, -0.2) is 0 Å². The minimum Gasteiger partial charge on any atom is -0.0888 e. The number of rotatable bonds is 6. The third-order valence-electron chi connectivity index (χ3n) is 1.78. The fraction of sp³-hybridized carbons (Fsp3) is 0.667. The number of hydrogen-bond acceptors (Lipinski definition) is 0. The molecule has 0 heterocycles. The van der Waals surface area contributed by atoms with Crippen LogP contribution in [-0.2, 0) is 0 Å². The van der Waals surface area contributed by atoms with E-state index in [4.69, 9.17) is 0 Å². The molecule has 0 unspecified atom stereocenters. The van der Waals surface area contributed by atoms with Crippen LogP contribution in [0.5, 0.6) is 0 Å². The van der Waals surface area contributed by atoms with Gasteiger partial charge in [0.15, 0.2) is 0 Å². The Morgan fingerprint density at radius 1 is 1.00 bits per heavy atom. The zero-order valence-corrected chi connectivity index (χ0v) is 8.77. The van der Waals surface area contributed by atoms with Crippen molar-refractivity contribution in [2.24, 2.45) is 0 Å². The maximum Gasteiger partial charge on any atom is -0.0348 e. The van der Waals surface area contributed by atoms with Crippen molar-refractivity contribution >= 4 is 0 Å². The van der Waals surface area contributed by atoms with Crippen molar-refractivity contribution in [1.82, 2.24) is 0 Å². The molecule has 0 aliphatic rings. The molecule has 0 bridgehead atoms. The van der Waals surface area contributed by atoms with Gasteiger partial charge < -0.3 is 0 Å². The molecule has 0 amide bonds. The van der Waals surface area contributed by atoms with Gasteiger partial charge in [-0.2, -0.15) is 0 Å². The molecule has 0 atom stereocenters. The van der Waals surface area contributed by atoms with Gasteiger partial charge in [0.05, 0.1) is 0 Å². The Labute approximate surface area is 77.4 Å². The molecule has 0 N–H and O–H groups in total. The van der Waals surface area contributed by atoms with Crippen LogP contribution in [0.3, 0.4) is 0 Å². The molecule has 70 valence electrons. The van der Waals surface area contributed by atoms with E-state index in [0.717, 1.165) is 0 Å². The van der Waals surface area contributed by atoms with Crippen molar-refractivity contribution in [2.45, 2.75) is 52.9 Å². The number of hydrogen-bond donors (Lipinski definition) is 0. The Balaban J connectivity index is 3.11. The van der Waals surface area contributed by atoms with E-state index in [2.05, 4.69) is 39.0 Å². The average molecular weight is 166 g/mol. The maximum atomic E-state index is 2.32. The van der Waals surface area contributed by atoms with Gasteiger partial charge >= 0.3 is 0 Å². The summed E-state index contributed by atoms with van der Waals surface area (Å²) in [6.07, 6.45) is 13.2. The fourth-order valence-electron chi connectivity index (χ4n) is 1.08. The van der Waals surface area contributed by atoms with Crippen LogP contribution >= 0.6 is 0 Å². The Kier molecular flexibility index (Phi) is 8.20. The summed E-state index contributed by atoms with van der Waals surface area (Å²) in [7, 11) is 0. The molecule has 0 aromatic carbocycles. The van der Waals surface area contributed by atoms with Crippen LogP contribution in [-0.4, -0.2) is 0 Å². The van der Waals surface area contributed by atoms with Crippen LogP contribution in [0.1, 0.15) is 52.9 Å². The summed E-state index contributed by atoms with van der Waals surface area (Å²) in [6.45, 7) is 6.51. The Bertz CT molecular complexity index is 136. The molecule has 0 saturated heterocycles. The molecule has 0 spiro atoms. The second kappa shape index (κ2) is 8.58. The molecule has 0 aliphatic heterocycles. The third kappa shape index (κ3) is 9.48. The van der Waals surface area contributed by atoms with E-state index in [1.807, 2.05) is 0 Å². The van der Waals surface area contributed by atoms with E-state index in [-0.39, 0.29) is 0 Å². The van der Waals surface area contributed by atoms with Gasteiger partial charge in [-0.05, 0) is 46.0 Å². The minimum atomic E-state index is 1.17. The summed E-state index contributed by atoms with van der Waals surface area (Å²) < 4.78 is 0. The standard InChI is InChI=1S/C12H22/c1-4-5-6-7-8-9-10-11-12(2)3/h5-6,11H,4,7-10H2,1-3H3. The third-order valence-corrected chi connectivity index (χ3v) is 1.78. The molecule has 0 rings (SSSR count). The van der Waals surface area contributed by atoms with Gasteiger partial charge in [0.25, 0.3) is 0 Å². The van der Waals surface area contributed by atoms with E-state index < -0.39 is 0 Å². The molecule has 0 heteroatoms. The molecule has 0 aromatic heterocycles. The smallest absolute Gasteiger partial charge is 0.0348 e. The maximum absolute atomic E-state index is 2.32. The first-order chi connectivity index (χ1) is 5.77. The largest absolute Gasteiger partial charge is 0.0888 e. The quantitative estimate of drug-likeness (QED) is 0.403. The average Bonchev–Trinajstić information content (AvgIpc) is 2.02. The van der Waals surface area contributed by atoms with Crippen LogP contribution in [0, 0.1) is 0 Å². The molecular weight excluding hydrogens is 144 g/mol. The Morgan fingerprint density at radius 3 is 2.25 bits per heavy atom. The van der Waals surface area contributed by atoms with Gasteiger partial charge in [0.2, 0.25) is 0 Å². The van der Waals surface area contributed by atoms with Crippen molar-refractivity contribution in [3.63, 3.8) is 0 Å². The molecule has 12 heavy (non-hydrogen) atoms. The van der Waals surface area contributed by atoms with Gasteiger partial charge in [-0.1, -0.05) is 30.7 Å². The normalized spacial score (nSPS) is 10.6. The summed E-state index contributed by atoms with van der Waals surface area (Å²) >= 11 is 0. The second-order valence-corrected chi connectivity index (χ2v) is 3.45. The van der Waals surface area contributed by atoms with E-state index >= 15 is 0 Å². The van der Waals surface area contributed by atoms with Crippen molar-refractivity contribution in [2.75, 3.05) is 0 Å². The minimum absolute atomic E-state index is 1.17. The summed E-state index contributed by atoms with van der Waals surface area (Å²) in [5.41, 5.74) is 1.44. The molecule has 0 saturated carbocycles. The first-order valence-corrected chi connectivity index (χ1v) is 5.05. The fourth-order valence-corrected chi connectivity index (χ4v) is 1.08. The zero-order valence-electron chi connectivity index (χ0n) is 8.77. The van der Waals surface area contributed by atoms with E-state index in [1.165, 1.54) is 37.7 Å². The van der Waals surface area contributed by atoms with Gasteiger partial charge in [0.1, 0.15) is 0 Å². The van der Waals surface area contributed by atoms with Crippen molar-refractivity contribution in [1.29, 1.82) is 0 Å². The highest BCUT2D eigenvalue weighted by Crippen LogP contribution is 2.03. The van der Waals surface area contributed by atoms with Gasteiger partial charge in [0, 0.05) is 0 Å². The van der Waals surface area contributed by atoms with Crippen LogP contribution in [0.25, 0.3) is 0 Å². The lowest BCUT2D eigenvalue weighted by atomic mass is 10.1. The highest BCUT2D eigenvalue weighted by Gasteiger charge is 1.83. The number of unbranched alkanes of at least 4 members (excludes halogenated alkanes) is 3. The predicted molar refractivity (Wildman–Crippen MR) is 57.3 cm³/mol. The van der Waals surface area contributed by atoms with Crippen molar-refractivity contribution in [3.8, 4) is 0 Å². The van der Waals surface area contributed by atoms with Crippen LogP contribution in [0.2, 0.25) is 0 Å². The first kappa shape index (κ1) is 11.5. The van der Waals surface area contributed by atoms with Crippen molar-refractivity contribution in [3.05, 3.63) is 23.8 Å². The van der Waals surface area contributed by atoms with Crippen LogP contribution < -0.4 is 0 Å².